The zero-order valence-electron chi connectivity index (χ0n) is 13.3. The summed E-state index contributed by atoms with van der Waals surface area (Å²) < 4.78 is 3.33. The van der Waals surface area contributed by atoms with Gasteiger partial charge in [-0.3, -0.25) is 14.6 Å². The summed E-state index contributed by atoms with van der Waals surface area (Å²) in [5.41, 5.74) is 3.88. The molecule has 0 amide bonds. The molecule has 0 aliphatic heterocycles. The molecule has 1 aromatic carbocycles. The van der Waals surface area contributed by atoms with Gasteiger partial charge in [0.2, 0.25) is 0 Å². The maximum absolute atomic E-state index is 12.4. The van der Waals surface area contributed by atoms with E-state index in [2.05, 4.69) is 17.1 Å². The van der Waals surface area contributed by atoms with E-state index >= 15 is 0 Å². The summed E-state index contributed by atoms with van der Waals surface area (Å²) in [7, 11) is 0. The molecule has 6 nitrogen and oxygen atoms in total. The first kappa shape index (κ1) is 14.4. The van der Waals surface area contributed by atoms with E-state index in [1.807, 2.05) is 47.4 Å². The molecule has 3 heterocycles. The smallest absolute Gasteiger partial charge is 0.273 e. The molecule has 120 valence electrons. The van der Waals surface area contributed by atoms with Gasteiger partial charge in [-0.1, -0.05) is 37.3 Å². The lowest BCUT2D eigenvalue weighted by molar-refractivity contribution is 0.603. The average molecular weight is 319 g/mol. The molecule has 0 unspecified atom stereocenters. The number of benzene rings is 1. The van der Waals surface area contributed by atoms with E-state index in [4.69, 9.17) is 4.98 Å². The fraction of sp³-hybridized carbons (Fsp3) is 0.167. The molecule has 24 heavy (non-hydrogen) atoms. The highest BCUT2D eigenvalue weighted by Gasteiger charge is 2.12. The van der Waals surface area contributed by atoms with E-state index < -0.39 is 0 Å². The average Bonchev–Trinajstić information content (AvgIpc) is 3.23. The second-order valence-electron chi connectivity index (χ2n) is 5.68. The molecule has 0 aliphatic rings. The number of hydrogen-bond donors (Lipinski definition) is 1. The molecule has 6 heteroatoms. The summed E-state index contributed by atoms with van der Waals surface area (Å²) in [6, 6.07) is 11.4. The van der Waals surface area contributed by atoms with E-state index in [-0.39, 0.29) is 5.56 Å². The molecule has 0 aliphatic carbocycles. The molecule has 3 aromatic heterocycles. The van der Waals surface area contributed by atoms with Gasteiger partial charge in [0.1, 0.15) is 0 Å². The molecule has 4 aromatic rings. The van der Waals surface area contributed by atoms with E-state index in [9.17, 15) is 4.79 Å². The zero-order valence-corrected chi connectivity index (χ0v) is 13.3. The largest absolute Gasteiger partial charge is 0.296 e. The van der Waals surface area contributed by atoms with E-state index in [0.29, 0.717) is 11.3 Å². The number of H-pyrrole nitrogens is 1. The van der Waals surface area contributed by atoms with Crippen molar-refractivity contribution in [2.45, 2.75) is 19.9 Å². The Morgan fingerprint density at radius 2 is 2.00 bits per heavy atom. The molecular formula is C18H17N5O. The molecule has 1 N–H and O–H groups in total. The van der Waals surface area contributed by atoms with Crippen molar-refractivity contribution < 1.29 is 0 Å². The number of fused-ring (bicyclic) bond motifs is 1. The minimum absolute atomic E-state index is 0.138. The Labute approximate surface area is 138 Å². The predicted octanol–water partition coefficient (Wildman–Crippen LogP) is 2.96. The Kier molecular flexibility index (Phi) is 3.49. The zero-order chi connectivity index (χ0) is 16.5. The maximum atomic E-state index is 12.4. The predicted molar refractivity (Wildman–Crippen MR) is 92.8 cm³/mol. The minimum Gasteiger partial charge on any atom is -0.296 e. The first-order valence-corrected chi connectivity index (χ1v) is 7.95. The normalized spacial score (nSPS) is 11.2. The van der Waals surface area contributed by atoms with Crippen LogP contribution in [0.5, 0.6) is 0 Å². The molecule has 4 rings (SSSR count). The van der Waals surface area contributed by atoms with Crippen LogP contribution in [0, 0.1) is 0 Å². The minimum atomic E-state index is -0.138. The van der Waals surface area contributed by atoms with Crippen molar-refractivity contribution in [3.05, 3.63) is 65.3 Å². The number of rotatable bonds is 4. The molecule has 0 atom stereocenters. The van der Waals surface area contributed by atoms with Crippen LogP contribution < -0.4 is 5.56 Å². The van der Waals surface area contributed by atoms with Gasteiger partial charge >= 0.3 is 0 Å². The third kappa shape index (κ3) is 2.42. The van der Waals surface area contributed by atoms with Crippen LogP contribution in [0.4, 0.5) is 0 Å². The summed E-state index contributed by atoms with van der Waals surface area (Å²) in [5, 5.41) is 7.30. The van der Waals surface area contributed by atoms with Crippen LogP contribution >= 0.6 is 0 Å². The Morgan fingerprint density at radius 3 is 2.79 bits per heavy atom. The number of aryl methyl sites for hydroxylation is 1. The fourth-order valence-electron chi connectivity index (χ4n) is 2.81. The Morgan fingerprint density at radius 1 is 1.17 bits per heavy atom. The van der Waals surface area contributed by atoms with Crippen molar-refractivity contribution in [2.24, 2.45) is 0 Å². The van der Waals surface area contributed by atoms with Gasteiger partial charge in [-0.05, 0) is 12.0 Å². The molecule has 0 bridgehead atoms. The maximum Gasteiger partial charge on any atom is 0.273 e. The van der Waals surface area contributed by atoms with Gasteiger partial charge in [0.15, 0.2) is 5.65 Å². The quantitative estimate of drug-likeness (QED) is 0.629. The summed E-state index contributed by atoms with van der Waals surface area (Å²) in [6.45, 7) is 2.95. The second kappa shape index (κ2) is 5.81. The third-order valence-electron chi connectivity index (χ3n) is 3.96. The number of nitrogens with zero attached hydrogens (tertiary/aromatic N) is 4. The topological polar surface area (TPSA) is 68.0 Å². The monoisotopic (exact) mass is 319 g/mol. The van der Waals surface area contributed by atoms with E-state index in [1.54, 1.807) is 6.20 Å². The van der Waals surface area contributed by atoms with Crippen LogP contribution in [0.25, 0.3) is 28.0 Å². The van der Waals surface area contributed by atoms with Crippen molar-refractivity contribution in [3.63, 3.8) is 0 Å². The van der Waals surface area contributed by atoms with Gasteiger partial charge in [-0.25, -0.2) is 9.50 Å². The SMILES string of the molecule is CCCn1cc(-c2cc(=O)n3[nH]cc(-c4ccccc4)c3n2)cn1. The fourth-order valence-corrected chi connectivity index (χ4v) is 2.81. The van der Waals surface area contributed by atoms with Crippen molar-refractivity contribution in [1.82, 2.24) is 24.4 Å². The molecule has 0 fully saturated rings. The van der Waals surface area contributed by atoms with Gasteiger partial charge in [-0.2, -0.15) is 5.10 Å². The molecule has 0 spiro atoms. The van der Waals surface area contributed by atoms with Crippen LogP contribution in [0.15, 0.2) is 59.8 Å². The molecule has 0 saturated heterocycles. The highest BCUT2D eigenvalue weighted by Crippen LogP contribution is 2.24. The molecular weight excluding hydrogens is 302 g/mol. The highest BCUT2D eigenvalue weighted by atomic mass is 16.1. The molecule has 0 saturated carbocycles. The number of aromatic nitrogens is 5. The highest BCUT2D eigenvalue weighted by molar-refractivity contribution is 5.78. The molecule has 0 radical (unpaired) electrons. The lowest BCUT2D eigenvalue weighted by Crippen LogP contribution is -2.14. The lowest BCUT2D eigenvalue weighted by Gasteiger charge is -2.01. The van der Waals surface area contributed by atoms with Crippen molar-refractivity contribution in [2.75, 3.05) is 0 Å². The van der Waals surface area contributed by atoms with E-state index in [0.717, 1.165) is 29.7 Å². The standard InChI is InChI=1S/C18H17N5O/c1-2-8-22-12-14(10-19-22)16-9-17(24)23-18(21-16)15(11-20-23)13-6-4-3-5-7-13/h3-7,9-12,20H,2,8H2,1H3. The number of hydrogen-bond acceptors (Lipinski definition) is 3. The van der Waals surface area contributed by atoms with Crippen molar-refractivity contribution >= 4 is 5.65 Å². The van der Waals surface area contributed by atoms with Crippen molar-refractivity contribution in [1.29, 1.82) is 0 Å². The Balaban J connectivity index is 1.87. The number of nitrogens with one attached hydrogen (secondary N) is 1. The summed E-state index contributed by atoms with van der Waals surface area (Å²) >= 11 is 0. The number of aromatic amines is 1. The van der Waals surface area contributed by atoms with Crippen LogP contribution in [0.1, 0.15) is 13.3 Å². The summed E-state index contributed by atoms with van der Waals surface area (Å²) in [6.07, 6.45) is 6.49. The van der Waals surface area contributed by atoms with Crippen LogP contribution in [-0.4, -0.2) is 24.4 Å². The second-order valence-corrected chi connectivity index (χ2v) is 5.68. The Hall–Kier alpha value is -3.15. The Bertz CT molecular complexity index is 1040. The van der Waals surface area contributed by atoms with Crippen LogP contribution in [0.3, 0.4) is 0 Å². The first-order chi connectivity index (χ1) is 11.8. The third-order valence-corrected chi connectivity index (χ3v) is 3.96. The van der Waals surface area contributed by atoms with Crippen LogP contribution in [0.2, 0.25) is 0 Å². The van der Waals surface area contributed by atoms with Gasteiger partial charge in [0.05, 0.1) is 11.9 Å². The van der Waals surface area contributed by atoms with E-state index in [1.165, 1.54) is 10.6 Å². The van der Waals surface area contributed by atoms with Crippen LogP contribution in [-0.2, 0) is 6.54 Å². The summed E-state index contributed by atoms with van der Waals surface area (Å²) in [4.78, 5) is 17.1. The van der Waals surface area contributed by atoms with Gasteiger partial charge in [-0.15, -0.1) is 0 Å². The lowest BCUT2D eigenvalue weighted by atomic mass is 10.1. The first-order valence-electron chi connectivity index (χ1n) is 7.95. The van der Waals surface area contributed by atoms with Gasteiger partial charge in [0.25, 0.3) is 5.56 Å². The van der Waals surface area contributed by atoms with Gasteiger partial charge in [0, 0.05) is 36.1 Å². The van der Waals surface area contributed by atoms with Gasteiger partial charge < -0.3 is 0 Å². The van der Waals surface area contributed by atoms with Crippen molar-refractivity contribution in [3.8, 4) is 22.4 Å². The summed E-state index contributed by atoms with van der Waals surface area (Å²) in [5.74, 6) is 0.